The highest BCUT2D eigenvalue weighted by Crippen LogP contribution is 2.70. The molecule has 1 aliphatic carbocycles. The van der Waals surface area contributed by atoms with E-state index in [-0.39, 0.29) is 16.7 Å². The van der Waals surface area contributed by atoms with Crippen molar-refractivity contribution in [3.05, 3.63) is 304 Å². The smallest absolute Gasteiger partial charge is 0.349 e. The van der Waals surface area contributed by atoms with Gasteiger partial charge < -0.3 is 18.9 Å². The minimum Gasteiger partial charge on any atom is -0.463 e. The summed E-state index contributed by atoms with van der Waals surface area (Å²) in [6, 6.07) is 78.7. The van der Waals surface area contributed by atoms with Crippen LogP contribution in [0.2, 0.25) is 0 Å². The number of hydrogen-bond donors (Lipinski definition) is 0. The minimum absolute atomic E-state index is 0.225. The van der Waals surface area contributed by atoms with E-state index >= 15 is 4.79 Å². The van der Waals surface area contributed by atoms with E-state index < -0.39 is 89.7 Å². The first-order valence-corrected chi connectivity index (χ1v) is 26.1. The van der Waals surface area contributed by atoms with Crippen LogP contribution < -0.4 is 0 Å². The van der Waals surface area contributed by atoms with E-state index in [1.807, 2.05) is 54.6 Å². The molecule has 1 fully saturated rings. The van der Waals surface area contributed by atoms with E-state index in [1.54, 1.807) is 206 Å². The van der Waals surface area contributed by atoms with Crippen LogP contribution in [0.25, 0.3) is 16.7 Å². The van der Waals surface area contributed by atoms with Gasteiger partial charge in [-0.3, -0.25) is 4.79 Å². The lowest BCUT2D eigenvalue weighted by molar-refractivity contribution is -0.168. The molecule has 0 aliphatic heterocycles. The molecule has 0 saturated heterocycles. The Bertz CT molecular complexity index is 3390. The van der Waals surface area contributed by atoms with Crippen molar-refractivity contribution in [3.63, 3.8) is 0 Å². The second-order valence-corrected chi connectivity index (χ2v) is 19.3. The predicted molar refractivity (Wildman–Crippen MR) is 306 cm³/mol. The van der Waals surface area contributed by atoms with Gasteiger partial charge in [-0.15, -0.1) is 0 Å². The third kappa shape index (κ3) is 12.1. The zero-order chi connectivity index (χ0) is 57.3. The highest BCUT2D eigenvalue weighted by atomic mass is 16.6. The Morgan fingerprint density at radius 3 is 0.780 bits per heavy atom. The van der Waals surface area contributed by atoms with E-state index in [9.17, 15) is 35.4 Å². The number of rotatable bonds is 20. The van der Waals surface area contributed by atoms with Gasteiger partial charge in [0, 0.05) is 28.6 Å². The summed E-state index contributed by atoms with van der Waals surface area (Å²) in [7, 11) is 0. The summed E-state index contributed by atoms with van der Waals surface area (Å²) in [6.45, 7) is -3.49. The fourth-order valence-electron chi connectivity index (χ4n) is 10.1. The van der Waals surface area contributed by atoms with Crippen LogP contribution in [0.3, 0.4) is 0 Å². The monoisotopic (exact) mass is 1070 g/mol. The molecule has 12 nitrogen and oxygen atoms in total. The largest absolute Gasteiger partial charge is 0.463 e. The van der Waals surface area contributed by atoms with Gasteiger partial charge in [-0.1, -0.05) is 243 Å². The van der Waals surface area contributed by atoms with Gasteiger partial charge in [0.1, 0.15) is 66.8 Å². The molecule has 2 atom stereocenters. The quantitative estimate of drug-likeness (QED) is 0.0303. The van der Waals surface area contributed by atoms with Gasteiger partial charge in [0.15, 0.2) is 5.41 Å². The third-order valence-electron chi connectivity index (χ3n) is 14.2. The van der Waals surface area contributed by atoms with Gasteiger partial charge in [0.2, 0.25) is 0 Å². The number of ether oxygens (including phenoxy) is 4. The van der Waals surface area contributed by atoms with E-state index in [1.165, 1.54) is 0 Å². The highest BCUT2D eigenvalue weighted by Gasteiger charge is 2.73. The topological polar surface area (TPSA) is 200 Å². The molecule has 2 unspecified atom stereocenters. The van der Waals surface area contributed by atoms with Crippen molar-refractivity contribution in [2.75, 3.05) is 26.4 Å². The number of carbonyl (C=O) groups is 4. The van der Waals surface area contributed by atoms with Crippen molar-refractivity contribution in [2.24, 2.45) is 10.8 Å². The van der Waals surface area contributed by atoms with Crippen molar-refractivity contribution < 1.29 is 38.1 Å². The lowest BCUT2D eigenvalue weighted by Gasteiger charge is -2.32. The van der Waals surface area contributed by atoms with Crippen LogP contribution in [0, 0.1) is 56.2 Å². The first kappa shape index (κ1) is 55.6. The van der Waals surface area contributed by atoms with Crippen LogP contribution in [0.4, 0.5) is 0 Å². The predicted octanol–water partition coefficient (Wildman–Crippen LogP) is 12.3. The maximum atomic E-state index is 15.1. The summed E-state index contributed by atoms with van der Waals surface area (Å²) in [5.74, 6) is -5.81. The molecule has 82 heavy (non-hydrogen) atoms. The minimum atomic E-state index is -2.10. The first-order chi connectivity index (χ1) is 40.2. The number of nitrogens with zero attached hydrogens (tertiary/aromatic N) is 4. The Morgan fingerprint density at radius 2 is 0.561 bits per heavy atom. The molecule has 398 valence electrons. The molecule has 0 amide bonds. The lowest BCUT2D eigenvalue weighted by atomic mass is 9.90. The molecule has 8 aromatic rings. The SMILES string of the molecule is N#CC(C(=O)OCC(COC(=O)C(C#N)=C(c1ccccc1)c1ccccc1)(COC(=O)C(C#N)=C(c1ccccc1)c1ccccc1)COC(=O)C1(C#N)C(c2ccccc2)C1c1ccccc1)=C(c1ccccc1)c1ccccc1. The number of nitriles is 4. The zero-order valence-electron chi connectivity index (χ0n) is 44.1. The van der Waals surface area contributed by atoms with E-state index in [0.29, 0.717) is 44.5 Å². The molecule has 0 bridgehead atoms. The third-order valence-corrected chi connectivity index (χ3v) is 14.2. The van der Waals surface area contributed by atoms with Gasteiger partial charge >= 0.3 is 23.9 Å². The summed E-state index contributed by atoms with van der Waals surface area (Å²) in [6.07, 6.45) is 0. The van der Waals surface area contributed by atoms with Crippen LogP contribution >= 0.6 is 0 Å². The zero-order valence-corrected chi connectivity index (χ0v) is 44.1. The standard InChI is InChI=1S/C70H50N4O8/c71-41-57(60(49-25-9-1-10-26-49)50-27-11-2-12-28-50)65(75)79-45-69(46-80-66(76)58(42-72)61(51-29-13-3-14-30-51)52-31-15-4-16-32-52,47-81-67(77)59(43-73)62(53-33-17-5-18-34-53)54-35-19-6-20-36-54)48-82-68(78)70(44-74)63(55-37-21-7-22-38-55)64(70)56-39-23-8-24-40-56/h1-40,63-64H,45-48H2. The lowest BCUT2D eigenvalue weighted by Crippen LogP contribution is -2.45. The Balaban J connectivity index is 1.18. The number of benzene rings is 8. The molecular weight excluding hydrogens is 1020 g/mol. The van der Waals surface area contributed by atoms with Crippen LogP contribution in [-0.4, -0.2) is 50.3 Å². The van der Waals surface area contributed by atoms with Crippen LogP contribution in [0.5, 0.6) is 0 Å². The molecule has 9 rings (SSSR count). The van der Waals surface area contributed by atoms with Gasteiger partial charge in [0.05, 0.1) is 6.07 Å². The summed E-state index contributed by atoms with van der Waals surface area (Å²) < 4.78 is 24.6. The summed E-state index contributed by atoms with van der Waals surface area (Å²) >= 11 is 0. The molecular formula is C70H50N4O8. The van der Waals surface area contributed by atoms with Crippen molar-refractivity contribution in [1.29, 1.82) is 21.0 Å². The van der Waals surface area contributed by atoms with Crippen LogP contribution in [0.1, 0.15) is 56.3 Å². The molecule has 0 radical (unpaired) electrons. The fraction of sp³-hybridized carbons (Fsp3) is 0.114. The fourth-order valence-corrected chi connectivity index (χ4v) is 10.1. The van der Waals surface area contributed by atoms with Crippen molar-refractivity contribution in [1.82, 2.24) is 0 Å². The molecule has 1 aliphatic rings. The highest BCUT2D eigenvalue weighted by molar-refractivity contribution is 6.07. The molecule has 1 saturated carbocycles. The van der Waals surface area contributed by atoms with Crippen LogP contribution in [-0.2, 0) is 38.1 Å². The average molecular weight is 1080 g/mol. The second kappa shape index (κ2) is 26.0. The Hall–Kier alpha value is -11.2. The van der Waals surface area contributed by atoms with Crippen molar-refractivity contribution >= 4 is 40.6 Å². The summed E-state index contributed by atoms with van der Waals surface area (Å²) in [4.78, 5) is 59.5. The van der Waals surface area contributed by atoms with Gasteiger partial charge in [-0.25, -0.2) is 14.4 Å². The number of hydrogen-bond acceptors (Lipinski definition) is 12. The normalized spacial score (nSPS) is 14.7. The van der Waals surface area contributed by atoms with E-state index in [4.69, 9.17) is 18.9 Å². The number of carbonyl (C=O) groups excluding carboxylic acids is 4. The summed E-state index contributed by atoms with van der Waals surface area (Å²) in [5, 5.41) is 43.7. The Labute approximate surface area is 474 Å². The second-order valence-electron chi connectivity index (χ2n) is 19.3. The van der Waals surface area contributed by atoms with Gasteiger partial charge in [-0.05, 0) is 44.5 Å². The first-order valence-electron chi connectivity index (χ1n) is 26.1. The molecule has 0 spiro atoms. The average Bonchev–Trinajstić information content (AvgIpc) is 1.97. The van der Waals surface area contributed by atoms with Gasteiger partial charge in [-0.2, -0.15) is 21.0 Å². The summed E-state index contributed by atoms with van der Waals surface area (Å²) in [5.41, 5.74) is -0.120. The molecule has 0 heterocycles. The molecule has 12 heteroatoms. The number of esters is 4. The van der Waals surface area contributed by atoms with E-state index in [2.05, 4.69) is 6.07 Å². The van der Waals surface area contributed by atoms with Crippen LogP contribution in [0.15, 0.2) is 259 Å². The van der Waals surface area contributed by atoms with Gasteiger partial charge in [0.25, 0.3) is 0 Å². The Morgan fingerprint density at radius 1 is 0.341 bits per heavy atom. The maximum Gasteiger partial charge on any atom is 0.349 e. The molecule has 0 aromatic heterocycles. The molecule has 8 aromatic carbocycles. The molecule has 0 N–H and O–H groups in total. The Kier molecular flexibility index (Phi) is 17.6. The maximum absolute atomic E-state index is 15.1. The van der Waals surface area contributed by atoms with E-state index in [0.717, 1.165) is 0 Å². The van der Waals surface area contributed by atoms with Crippen molar-refractivity contribution in [2.45, 2.75) is 11.8 Å². The van der Waals surface area contributed by atoms with Crippen molar-refractivity contribution in [3.8, 4) is 24.3 Å².